The SMILES string of the molecule is N#Cc1cccc(-c2ccc3c(c2)C2(c4cc(-c5cccc(C#N)c5)ccc4-3)c3cc(-c4cccc(C#N)c4)ccc3-c3ccc(-c4cccc(C#N)c4)cc32)c1. The van der Waals surface area contributed by atoms with Crippen LogP contribution in [0.3, 0.4) is 0 Å². The van der Waals surface area contributed by atoms with Crippen molar-refractivity contribution in [3.05, 3.63) is 214 Å². The first-order valence-electron chi connectivity index (χ1n) is 18.6. The van der Waals surface area contributed by atoms with E-state index in [2.05, 4.69) is 121 Å². The van der Waals surface area contributed by atoms with Crippen molar-refractivity contribution in [2.45, 2.75) is 5.41 Å². The van der Waals surface area contributed by atoms with Crippen molar-refractivity contribution in [3.8, 4) is 91.0 Å². The first-order valence-corrected chi connectivity index (χ1v) is 18.6. The highest BCUT2D eigenvalue weighted by molar-refractivity contribution is 5.98. The van der Waals surface area contributed by atoms with Crippen LogP contribution >= 0.6 is 0 Å². The second kappa shape index (κ2) is 12.9. The van der Waals surface area contributed by atoms with E-state index in [4.69, 9.17) is 0 Å². The van der Waals surface area contributed by atoms with Gasteiger partial charge in [-0.2, -0.15) is 21.0 Å². The van der Waals surface area contributed by atoms with Crippen LogP contribution in [-0.2, 0) is 5.41 Å². The van der Waals surface area contributed by atoms with Gasteiger partial charge in [-0.25, -0.2) is 0 Å². The summed E-state index contributed by atoms with van der Waals surface area (Å²) in [6, 6.07) is 66.8. The Morgan fingerprint density at radius 2 is 0.491 bits per heavy atom. The molecule has 8 aromatic rings. The van der Waals surface area contributed by atoms with Gasteiger partial charge in [-0.15, -0.1) is 0 Å². The minimum atomic E-state index is -0.785. The lowest BCUT2D eigenvalue weighted by Gasteiger charge is -2.32. The van der Waals surface area contributed by atoms with Crippen molar-refractivity contribution in [2.24, 2.45) is 0 Å². The molecule has 0 saturated heterocycles. The Kier molecular flexibility index (Phi) is 7.56. The van der Waals surface area contributed by atoms with E-state index in [9.17, 15) is 21.0 Å². The first-order chi connectivity index (χ1) is 28.0. The second-order valence-corrected chi connectivity index (χ2v) is 14.6. The van der Waals surface area contributed by atoms with Crippen molar-refractivity contribution < 1.29 is 0 Å². The smallest absolute Gasteiger partial charge is 0.0991 e. The average molecular weight is 721 g/mol. The summed E-state index contributed by atoms with van der Waals surface area (Å²) in [6.07, 6.45) is 0. The van der Waals surface area contributed by atoms with Gasteiger partial charge >= 0.3 is 0 Å². The zero-order valence-electron chi connectivity index (χ0n) is 30.5. The normalized spacial score (nSPS) is 12.3. The Morgan fingerprint density at radius 1 is 0.263 bits per heavy atom. The Morgan fingerprint density at radius 3 is 0.719 bits per heavy atom. The largest absolute Gasteiger partial charge is 0.192 e. The van der Waals surface area contributed by atoms with Crippen molar-refractivity contribution in [1.29, 1.82) is 21.0 Å². The molecular weight excluding hydrogens is 693 g/mol. The molecule has 0 fully saturated rings. The molecule has 0 aromatic heterocycles. The van der Waals surface area contributed by atoms with E-state index >= 15 is 0 Å². The zero-order valence-corrected chi connectivity index (χ0v) is 30.5. The number of rotatable bonds is 4. The minimum absolute atomic E-state index is 0.597. The van der Waals surface area contributed by atoms with Crippen LogP contribution < -0.4 is 0 Å². The highest BCUT2D eigenvalue weighted by Crippen LogP contribution is 2.64. The molecule has 2 aliphatic carbocycles. The summed E-state index contributed by atoms with van der Waals surface area (Å²) in [6.45, 7) is 0. The molecule has 260 valence electrons. The van der Waals surface area contributed by atoms with Crippen molar-refractivity contribution >= 4 is 0 Å². The second-order valence-electron chi connectivity index (χ2n) is 14.6. The minimum Gasteiger partial charge on any atom is -0.192 e. The van der Waals surface area contributed by atoms with E-state index in [0.717, 1.165) is 89.0 Å². The van der Waals surface area contributed by atoms with Gasteiger partial charge in [-0.3, -0.25) is 0 Å². The molecule has 2 aliphatic rings. The van der Waals surface area contributed by atoms with Crippen LogP contribution in [0.4, 0.5) is 0 Å². The summed E-state index contributed by atoms with van der Waals surface area (Å²) >= 11 is 0. The Bertz CT molecular complexity index is 2760. The number of benzene rings is 8. The average Bonchev–Trinajstić information content (AvgIpc) is 3.74. The van der Waals surface area contributed by atoms with Crippen LogP contribution in [0.15, 0.2) is 170 Å². The fraction of sp³-hybridized carbons (Fsp3) is 0.0189. The Labute approximate surface area is 330 Å². The molecule has 8 aromatic carbocycles. The van der Waals surface area contributed by atoms with Crippen LogP contribution in [-0.4, -0.2) is 0 Å². The van der Waals surface area contributed by atoms with Crippen molar-refractivity contribution in [1.82, 2.24) is 0 Å². The molecule has 0 N–H and O–H groups in total. The molecule has 10 rings (SSSR count). The van der Waals surface area contributed by atoms with Gasteiger partial charge in [0.25, 0.3) is 0 Å². The molecule has 0 bridgehead atoms. The molecule has 0 radical (unpaired) electrons. The van der Waals surface area contributed by atoms with E-state index in [1.54, 1.807) is 0 Å². The quantitative estimate of drug-likeness (QED) is 0.181. The third kappa shape index (κ3) is 5.11. The van der Waals surface area contributed by atoms with Crippen LogP contribution in [0, 0.1) is 45.3 Å². The predicted molar refractivity (Wildman–Crippen MR) is 223 cm³/mol. The Balaban J connectivity index is 1.32. The Hall–Kier alpha value is -8.28. The van der Waals surface area contributed by atoms with Crippen molar-refractivity contribution in [3.63, 3.8) is 0 Å². The first kappa shape index (κ1) is 33.3. The fourth-order valence-electron chi connectivity index (χ4n) is 9.02. The maximum atomic E-state index is 9.82. The topological polar surface area (TPSA) is 95.2 Å². The molecule has 0 aliphatic heterocycles. The fourth-order valence-corrected chi connectivity index (χ4v) is 9.02. The van der Waals surface area contributed by atoms with Crippen LogP contribution in [0.1, 0.15) is 44.5 Å². The summed E-state index contributed by atoms with van der Waals surface area (Å²) in [5, 5.41) is 39.3. The number of nitrogens with zero attached hydrogens (tertiary/aromatic N) is 4. The number of hydrogen-bond acceptors (Lipinski definition) is 4. The standard InChI is InChI=1S/C53H28N4/c54-29-33-5-1-9-37(21-33)41-13-17-45-46-18-14-42(38-10-2-6-34(22-38)30-55)26-50(46)53(49(45)25-41)51-27-43(39-11-3-7-35(23-39)31-56)15-19-47(51)48-20-16-44(28-52(48)53)40-12-4-8-36(24-40)32-57/h1-28H. The maximum absolute atomic E-state index is 9.82. The maximum Gasteiger partial charge on any atom is 0.0991 e. The molecule has 0 heterocycles. The number of fused-ring (bicyclic) bond motifs is 10. The van der Waals surface area contributed by atoms with Crippen LogP contribution in [0.25, 0.3) is 66.8 Å². The van der Waals surface area contributed by atoms with E-state index in [-0.39, 0.29) is 0 Å². The summed E-state index contributed by atoms with van der Waals surface area (Å²) in [5.74, 6) is 0. The van der Waals surface area contributed by atoms with Gasteiger partial charge in [0.15, 0.2) is 0 Å². The van der Waals surface area contributed by atoms with Gasteiger partial charge < -0.3 is 0 Å². The van der Waals surface area contributed by atoms with Crippen LogP contribution in [0.2, 0.25) is 0 Å². The monoisotopic (exact) mass is 720 g/mol. The third-order valence-electron chi connectivity index (χ3n) is 11.6. The van der Waals surface area contributed by atoms with Crippen molar-refractivity contribution in [2.75, 3.05) is 0 Å². The molecule has 4 heteroatoms. The van der Waals surface area contributed by atoms with E-state index in [1.165, 1.54) is 0 Å². The summed E-state index contributed by atoms with van der Waals surface area (Å²) in [4.78, 5) is 0. The zero-order chi connectivity index (χ0) is 38.7. The van der Waals surface area contributed by atoms with Gasteiger partial charge in [-0.1, -0.05) is 97.1 Å². The molecule has 4 nitrogen and oxygen atoms in total. The highest BCUT2D eigenvalue weighted by atomic mass is 14.5. The van der Waals surface area contributed by atoms with Gasteiger partial charge in [-0.05, 0) is 162 Å². The third-order valence-corrected chi connectivity index (χ3v) is 11.6. The molecule has 57 heavy (non-hydrogen) atoms. The molecule has 1 spiro atoms. The lowest BCUT2D eigenvalue weighted by atomic mass is 9.69. The van der Waals surface area contributed by atoms with Gasteiger partial charge in [0.05, 0.1) is 51.9 Å². The van der Waals surface area contributed by atoms with Gasteiger partial charge in [0.1, 0.15) is 0 Å². The summed E-state index contributed by atoms with van der Waals surface area (Å²) in [5.41, 5.74) is 18.5. The predicted octanol–water partition coefficient (Wildman–Crippen LogP) is 12.2. The number of hydrogen-bond donors (Lipinski definition) is 0. The number of nitriles is 4. The summed E-state index contributed by atoms with van der Waals surface area (Å²) in [7, 11) is 0. The molecule has 0 unspecified atom stereocenters. The highest BCUT2D eigenvalue weighted by Gasteiger charge is 2.52. The molecule has 0 atom stereocenters. The van der Waals surface area contributed by atoms with Gasteiger partial charge in [0, 0.05) is 0 Å². The van der Waals surface area contributed by atoms with Crippen LogP contribution in [0.5, 0.6) is 0 Å². The molecular formula is C53H28N4. The lowest BCUT2D eigenvalue weighted by Crippen LogP contribution is -2.26. The molecule has 0 saturated carbocycles. The van der Waals surface area contributed by atoms with E-state index < -0.39 is 5.41 Å². The van der Waals surface area contributed by atoms with Gasteiger partial charge in [0.2, 0.25) is 0 Å². The van der Waals surface area contributed by atoms with E-state index in [0.29, 0.717) is 22.3 Å². The van der Waals surface area contributed by atoms with E-state index in [1.807, 2.05) is 72.8 Å². The molecule has 0 amide bonds. The lowest BCUT2D eigenvalue weighted by molar-refractivity contribution is 0.795. The summed E-state index contributed by atoms with van der Waals surface area (Å²) < 4.78 is 0.